The van der Waals surface area contributed by atoms with Crippen LogP contribution in [0.1, 0.15) is 35.9 Å². The van der Waals surface area contributed by atoms with E-state index in [1.54, 1.807) is 0 Å². The van der Waals surface area contributed by atoms with E-state index in [4.69, 9.17) is 0 Å². The van der Waals surface area contributed by atoms with Gasteiger partial charge in [0.15, 0.2) is 0 Å². The monoisotopic (exact) mass is 495 g/mol. The number of aromatic amines is 1. The lowest BCUT2D eigenvalue weighted by Crippen LogP contribution is -2.53. The lowest BCUT2D eigenvalue weighted by Gasteiger charge is -2.38. The van der Waals surface area contributed by atoms with Crippen molar-refractivity contribution in [2.75, 3.05) is 19.6 Å². The first kappa shape index (κ1) is 23.6. The molecule has 0 bridgehead atoms. The molecule has 0 aliphatic carbocycles. The van der Waals surface area contributed by atoms with Crippen LogP contribution in [-0.2, 0) is 19.5 Å². The molecule has 4 aromatic rings. The Bertz CT molecular complexity index is 1430. The van der Waals surface area contributed by atoms with E-state index in [0.29, 0.717) is 19.0 Å². The van der Waals surface area contributed by atoms with Crippen molar-refractivity contribution in [2.45, 2.75) is 45.8 Å². The van der Waals surface area contributed by atoms with Crippen molar-refractivity contribution in [1.29, 1.82) is 0 Å². The number of aryl methyl sites for hydroxylation is 1. The van der Waals surface area contributed by atoms with Crippen LogP contribution < -0.4 is 5.32 Å². The number of hydrogen-bond donors (Lipinski definition) is 2. The Morgan fingerprint density at radius 2 is 2.05 bits per heavy atom. The van der Waals surface area contributed by atoms with E-state index in [9.17, 15) is 4.79 Å². The van der Waals surface area contributed by atoms with Crippen molar-refractivity contribution in [1.82, 2.24) is 35.3 Å². The van der Waals surface area contributed by atoms with Gasteiger partial charge in [-0.15, -0.1) is 0 Å². The number of para-hydroxylation sites is 1. The molecule has 6 rings (SSSR count). The maximum atomic E-state index is 13.4. The maximum absolute atomic E-state index is 13.4. The first-order valence-corrected chi connectivity index (χ1v) is 13.1. The number of amides is 2. The summed E-state index contributed by atoms with van der Waals surface area (Å²) in [5.41, 5.74) is 7.36. The molecular formula is C29H33N7O. The van der Waals surface area contributed by atoms with Gasteiger partial charge in [-0.1, -0.05) is 25.1 Å². The molecule has 2 aliphatic heterocycles. The van der Waals surface area contributed by atoms with Crippen LogP contribution in [0.2, 0.25) is 0 Å². The number of likely N-dealkylation sites (tertiary alicyclic amines) is 1. The fraction of sp³-hybridized carbons (Fsp3) is 0.379. The Morgan fingerprint density at radius 1 is 1.16 bits per heavy atom. The molecule has 1 aromatic carbocycles. The minimum Gasteiger partial charge on any atom is -0.334 e. The summed E-state index contributed by atoms with van der Waals surface area (Å²) in [6.07, 6.45) is 5.56. The average molecular weight is 496 g/mol. The Balaban J connectivity index is 1.11. The SMILES string of the molecule is Cc1cc(-c2n[nH]c3c2CN(C(=O)NC2CC(C)CN(Cc4cnc5ccccc5c4)C2)CC3)ccn1. The summed E-state index contributed by atoms with van der Waals surface area (Å²) in [5.74, 6) is 0.510. The fourth-order valence-electron chi connectivity index (χ4n) is 5.82. The number of piperidine rings is 1. The number of rotatable bonds is 4. The largest absolute Gasteiger partial charge is 0.334 e. The zero-order valence-corrected chi connectivity index (χ0v) is 21.4. The van der Waals surface area contributed by atoms with Gasteiger partial charge in [-0.2, -0.15) is 5.10 Å². The van der Waals surface area contributed by atoms with Crippen molar-refractivity contribution < 1.29 is 4.79 Å². The first-order chi connectivity index (χ1) is 18.0. The molecule has 0 saturated carbocycles. The van der Waals surface area contributed by atoms with E-state index in [2.05, 4.69) is 55.5 Å². The second-order valence-corrected chi connectivity index (χ2v) is 10.6. The molecule has 2 amide bonds. The van der Waals surface area contributed by atoms with Gasteiger partial charge >= 0.3 is 6.03 Å². The lowest BCUT2D eigenvalue weighted by molar-refractivity contribution is 0.134. The molecular weight excluding hydrogens is 462 g/mol. The van der Waals surface area contributed by atoms with Gasteiger partial charge < -0.3 is 10.2 Å². The number of carbonyl (C=O) groups excluding carboxylic acids is 1. The minimum absolute atomic E-state index is 0.00938. The zero-order chi connectivity index (χ0) is 25.4. The summed E-state index contributed by atoms with van der Waals surface area (Å²) in [7, 11) is 0. The molecule has 5 heterocycles. The molecule has 8 heteroatoms. The van der Waals surface area contributed by atoms with Crippen LogP contribution in [0, 0.1) is 12.8 Å². The van der Waals surface area contributed by atoms with Crippen LogP contribution in [0.4, 0.5) is 4.79 Å². The highest BCUT2D eigenvalue weighted by molar-refractivity contribution is 5.78. The zero-order valence-electron chi connectivity index (χ0n) is 21.4. The normalized spacial score (nSPS) is 20.1. The van der Waals surface area contributed by atoms with E-state index < -0.39 is 0 Å². The lowest BCUT2D eigenvalue weighted by atomic mass is 9.95. The quantitative estimate of drug-likeness (QED) is 0.440. The molecule has 190 valence electrons. The average Bonchev–Trinajstić information content (AvgIpc) is 3.32. The number of nitrogens with zero attached hydrogens (tertiary/aromatic N) is 5. The van der Waals surface area contributed by atoms with E-state index in [1.165, 1.54) is 10.9 Å². The summed E-state index contributed by atoms with van der Waals surface area (Å²) >= 11 is 0. The van der Waals surface area contributed by atoms with Crippen molar-refractivity contribution in [3.05, 3.63) is 77.4 Å². The minimum atomic E-state index is 0.00938. The third-order valence-corrected chi connectivity index (χ3v) is 7.51. The number of urea groups is 1. The van der Waals surface area contributed by atoms with E-state index in [0.717, 1.165) is 66.2 Å². The highest BCUT2D eigenvalue weighted by atomic mass is 16.2. The van der Waals surface area contributed by atoms with Gasteiger partial charge in [0, 0.05) is 78.9 Å². The third kappa shape index (κ3) is 5.06. The van der Waals surface area contributed by atoms with E-state index in [1.807, 2.05) is 48.5 Å². The third-order valence-electron chi connectivity index (χ3n) is 7.51. The van der Waals surface area contributed by atoms with Gasteiger partial charge in [-0.05, 0) is 49.1 Å². The predicted molar refractivity (Wildman–Crippen MR) is 144 cm³/mol. The van der Waals surface area contributed by atoms with E-state index >= 15 is 0 Å². The van der Waals surface area contributed by atoms with Crippen molar-refractivity contribution in [3.8, 4) is 11.3 Å². The number of carbonyl (C=O) groups is 1. The molecule has 2 unspecified atom stereocenters. The van der Waals surface area contributed by atoms with Gasteiger partial charge in [0.1, 0.15) is 0 Å². The summed E-state index contributed by atoms with van der Waals surface area (Å²) in [6.45, 7) is 8.20. The van der Waals surface area contributed by atoms with Gasteiger partial charge in [0.2, 0.25) is 0 Å². The highest BCUT2D eigenvalue weighted by Crippen LogP contribution is 2.29. The summed E-state index contributed by atoms with van der Waals surface area (Å²) < 4.78 is 0. The Kier molecular flexibility index (Phi) is 6.34. The Labute approximate surface area is 217 Å². The smallest absolute Gasteiger partial charge is 0.317 e. The highest BCUT2D eigenvalue weighted by Gasteiger charge is 2.30. The van der Waals surface area contributed by atoms with Crippen molar-refractivity contribution >= 4 is 16.9 Å². The number of nitrogens with one attached hydrogen (secondary N) is 2. The Morgan fingerprint density at radius 3 is 2.95 bits per heavy atom. The predicted octanol–water partition coefficient (Wildman–Crippen LogP) is 4.31. The molecule has 3 aromatic heterocycles. The molecule has 2 aliphatic rings. The number of hydrogen-bond acceptors (Lipinski definition) is 5. The number of benzene rings is 1. The fourth-order valence-corrected chi connectivity index (χ4v) is 5.82. The summed E-state index contributed by atoms with van der Waals surface area (Å²) in [6, 6.07) is 14.6. The first-order valence-electron chi connectivity index (χ1n) is 13.1. The van der Waals surface area contributed by atoms with Gasteiger partial charge in [0.05, 0.1) is 17.8 Å². The van der Waals surface area contributed by atoms with Crippen LogP contribution in [0.5, 0.6) is 0 Å². The molecule has 8 nitrogen and oxygen atoms in total. The Hall–Kier alpha value is -3.78. The van der Waals surface area contributed by atoms with Gasteiger partial charge in [-0.3, -0.25) is 20.0 Å². The number of pyridine rings is 2. The van der Waals surface area contributed by atoms with Gasteiger partial charge in [-0.25, -0.2) is 4.79 Å². The maximum Gasteiger partial charge on any atom is 0.317 e. The summed E-state index contributed by atoms with van der Waals surface area (Å²) in [5, 5.41) is 12.3. The summed E-state index contributed by atoms with van der Waals surface area (Å²) in [4.78, 5) is 26.7. The molecule has 1 fully saturated rings. The topological polar surface area (TPSA) is 90.0 Å². The van der Waals surface area contributed by atoms with Gasteiger partial charge in [0.25, 0.3) is 0 Å². The van der Waals surface area contributed by atoms with Crippen LogP contribution in [-0.4, -0.2) is 61.7 Å². The van der Waals surface area contributed by atoms with Crippen LogP contribution >= 0.6 is 0 Å². The van der Waals surface area contributed by atoms with Crippen LogP contribution in [0.25, 0.3) is 22.2 Å². The molecule has 2 atom stereocenters. The molecule has 0 spiro atoms. The molecule has 37 heavy (non-hydrogen) atoms. The van der Waals surface area contributed by atoms with Crippen LogP contribution in [0.3, 0.4) is 0 Å². The second kappa shape index (κ2) is 9.94. The van der Waals surface area contributed by atoms with Crippen molar-refractivity contribution in [2.24, 2.45) is 5.92 Å². The standard InChI is InChI=1S/C29H33N7O/c1-19-11-24(17-35(15-19)16-21-13-22-5-3-4-6-26(22)31-14-21)32-29(37)36-10-8-27-25(18-36)28(34-33-27)23-7-9-30-20(2)12-23/h3-7,9,12-14,19,24H,8,10-11,15-18H2,1-2H3,(H,32,37)(H,33,34). The molecule has 2 N–H and O–H groups in total. The number of fused-ring (bicyclic) bond motifs is 2. The molecule has 0 radical (unpaired) electrons. The number of aromatic nitrogens is 4. The number of H-pyrrole nitrogens is 1. The molecule has 1 saturated heterocycles. The second-order valence-electron chi connectivity index (χ2n) is 10.6. The van der Waals surface area contributed by atoms with E-state index in [-0.39, 0.29) is 12.1 Å². The van der Waals surface area contributed by atoms with Crippen LogP contribution in [0.15, 0.2) is 54.9 Å². The van der Waals surface area contributed by atoms with Crippen molar-refractivity contribution in [3.63, 3.8) is 0 Å².